The third-order valence-corrected chi connectivity index (χ3v) is 2.55. The Morgan fingerprint density at radius 2 is 1.94 bits per heavy atom. The Morgan fingerprint density at radius 3 is 2.62 bits per heavy atom. The van der Waals surface area contributed by atoms with E-state index in [1.807, 2.05) is 0 Å². The molecule has 0 atom stereocenters. The summed E-state index contributed by atoms with van der Waals surface area (Å²) < 4.78 is 25.5. The second-order valence-electron chi connectivity index (χ2n) is 3.80. The Morgan fingerprint density at radius 1 is 1.19 bits per heavy atom. The average molecular weight is 228 g/mol. The van der Waals surface area contributed by atoms with Gasteiger partial charge in [0.1, 0.15) is 0 Å². The first-order chi connectivity index (χ1) is 7.75. The third kappa shape index (κ3) is 2.90. The van der Waals surface area contributed by atoms with Crippen LogP contribution < -0.4 is 10.8 Å². The predicted octanol–water partition coefficient (Wildman–Crippen LogP) is 2.06. The molecule has 1 aliphatic rings. The first-order valence-electron chi connectivity index (χ1n) is 5.33. The fraction of sp³-hybridized carbons (Fsp3) is 0.455. The van der Waals surface area contributed by atoms with Crippen molar-refractivity contribution in [3.63, 3.8) is 0 Å². The van der Waals surface area contributed by atoms with Crippen LogP contribution in [0.3, 0.4) is 0 Å². The monoisotopic (exact) mass is 228 g/mol. The van der Waals surface area contributed by atoms with E-state index in [1.165, 1.54) is 6.07 Å². The van der Waals surface area contributed by atoms with Gasteiger partial charge in [0.2, 0.25) is 0 Å². The standard InChI is InChI=1S/C11H14F2N2O/c12-10-2-1-8(7-11(10)13)15-16-9-3-5-14-6-4-9/h1-2,7,9,14-15H,3-6H2. The van der Waals surface area contributed by atoms with E-state index in [2.05, 4.69) is 10.8 Å². The molecule has 1 fully saturated rings. The number of hydrogen-bond donors (Lipinski definition) is 2. The Bertz CT molecular complexity index is 354. The van der Waals surface area contributed by atoms with Crippen LogP contribution in [0, 0.1) is 11.6 Å². The summed E-state index contributed by atoms with van der Waals surface area (Å²) in [6.45, 7) is 1.84. The molecule has 5 heteroatoms. The van der Waals surface area contributed by atoms with E-state index in [-0.39, 0.29) is 6.10 Å². The maximum absolute atomic E-state index is 12.9. The van der Waals surface area contributed by atoms with Crippen molar-refractivity contribution in [2.75, 3.05) is 18.6 Å². The van der Waals surface area contributed by atoms with Crippen molar-refractivity contribution < 1.29 is 13.6 Å². The quantitative estimate of drug-likeness (QED) is 0.777. The summed E-state index contributed by atoms with van der Waals surface area (Å²) in [7, 11) is 0. The topological polar surface area (TPSA) is 33.3 Å². The molecule has 0 aliphatic carbocycles. The zero-order valence-corrected chi connectivity index (χ0v) is 8.80. The van der Waals surface area contributed by atoms with E-state index in [0.717, 1.165) is 38.1 Å². The van der Waals surface area contributed by atoms with Gasteiger partial charge in [-0.05, 0) is 38.1 Å². The molecular weight excluding hydrogens is 214 g/mol. The van der Waals surface area contributed by atoms with Crippen LogP contribution in [-0.4, -0.2) is 19.2 Å². The van der Waals surface area contributed by atoms with Crippen molar-refractivity contribution in [2.24, 2.45) is 0 Å². The Balaban J connectivity index is 1.86. The molecule has 0 radical (unpaired) electrons. The van der Waals surface area contributed by atoms with Gasteiger partial charge in [0.25, 0.3) is 0 Å². The molecule has 3 nitrogen and oxygen atoms in total. The summed E-state index contributed by atoms with van der Waals surface area (Å²) >= 11 is 0. The number of piperidine rings is 1. The van der Waals surface area contributed by atoms with Crippen molar-refractivity contribution in [3.8, 4) is 0 Å². The highest BCUT2D eigenvalue weighted by Gasteiger charge is 2.13. The van der Waals surface area contributed by atoms with Crippen molar-refractivity contribution in [3.05, 3.63) is 29.8 Å². The highest BCUT2D eigenvalue weighted by molar-refractivity contribution is 5.41. The minimum atomic E-state index is -0.876. The summed E-state index contributed by atoms with van der Waals surface area (Å²) in [6, 6.07) is 3.60. The smallest absolute Gasteiger partial charge is 0.160 e. The molecule has 1 heterocycles. The molecule has 0 amide bonds. The second-order valence-corrected chi connectivity index (χ2v) is 3.80. The lowest BCUT2D eigenvalue weighted by Crippen LogP contribution is -2.33. The molecule has 88 valence electrons. The summed E-state index contributed by atoms with van der Waals surface area (Å²) in [5, 5.41) is 3.21. The highest BCUT2D eigenvalue weighted by atomic mass is 19.2. The van der Waals surface area contributed by atoms with Crippen molar-refractivity contribution in [2.45, 2.75) is 18.9 Å². The molecule has 1 saturated heterocycles. The number of halogens is 2. The number of hydrogen-bond acceptors (Lipinski definition) is 3. The van der Waals surface area contributed by atoms with Gasteiger partial charge in [-0.2, -0.15) is 0 Å². The van der Waals surface area contributed by atoms with Crippen LogP contribution in [0.1, 0.15) is 12.8 Å². The zero-order valence-electron chi connectivity index (χ0n) is 8.80. The number of rotatable bonds is 3. The number of anilines is 1. The Labute approximate surface area is 92.7 Å². The van der Waals surface area contributed by atoms with E-state index < -0.39 is 11.6 Å². The Hall–Kier alpha value is -1.20. The van der Waals surface area contributed by atoms with Crippen LogP contribution in [0.4, 0.5) is 14.5 Å². The highest BCUT2D eigenvalue weighted by Crippen LogP contribution is 2.15. The SMILES string of the molecule is Fc1ccc(NOC2CCNCC2)cc1F. The van der Waals surface area contributed by atoms with Crippen LogP contribution in [0.2, 0.25) is 0 Å². The summed E-state index contributed by atoms with van der Waals surface area (Å²) in [4.78, 5) is 5.38. The second kappa shape index (κ2) is 5.23. The van der Waals surface area contributed by atoms with Gasteiger partial charge in [0.05, 0.1) is 11.8 Å². The average Bonchev–Trinajstić information content (AvgIpc) is 2.32. The van der Waals surface area contributed by atoms with Crippen molar-refractivity contribution >= 4 is 5.69 Å². The van der Waals surface area contributed by atoms with Gasteiger partial charge in [0, 0.05) is 6.07 Å². The first kappa shape index (κ1) is 11.3. The fourth-order valence-corrected chi connectivity index (χ4v) is 1.62. The lowest BCUT2D eigenvalue weighted by molar-refractivity contribution is 0.0739. The maximum atomic E-state index is 12.9. The molecule has 16 heavy (non-hydrogen) atoms. The number of nitrogens with one attached hydrogen (secondary N) is 2. The van der Waals surface area contributed by atoms with E-state index in [0.29, 0.717) is 5.69 Å². The van der Waals surface area contributed by atoms with Gasteiger partial charge in [-0.3, -0.25) is 10.3 Å². The van der Waals surface area contributed by atoms with Crippen molar-refractivity contribution in [1.82, 2.24) is 5.32 Å². The third-order valence-electron chi connectivity index (χ3n) is 2.55. The molecule has 1 aromatic carbocycles. The molecule has 2 N–H and O–H groups in total. The Kier molecular flexibility index (Phi) is 3.69. The lowest BCUT2D eigenvalue weighted by atomic mass is 10.1. The maximum Gasteiger partial charge on any atom is 0.160 e. The van der Waals surface area contributed by atoms with E-state index >= 15 is 0 Å². The van der Waals surface area contributed by atoms with Crippen LogP contribution >= 0.6 is 0 Å². The number of benzene rings is 1. The van der Waals surface area contributed by atoms with Crippen LogP contribution in [0.5, 0.6) is 0 Å². The van der Waals surface area contributed by atoms with Crippen molar-refractivity contribution in [1.29, 1.82) is 0 Å². The van der Waals surface area contributed by atoms with Crippen LogP contribution in [0.15, 0.2) is 18.2 Å². The van der Waals surface area contributed by atoms with Gasteiger partial charge in [0.15, 0.2) is 11.6 Å². The molecule has 0 unspecified atom stereocenters. The fourth-order valence-electron chi connectivity index (χ4n) is 1.62. The van der Waals surface area contributed by atoms with E-state index in [4.69, 9.17) is 4.84 Å². The molecule has 1 aromatic rings. The van der Waals surface area contributed by atoms with Gasteiger partial charge in [-0.1, -0.05) is 0 Å². The van der Waals surface area contributed by atoms with E-state index in [1.54, 1.807) is 0 Å². The minimum absolute atomic E-state index is 0.120. The van der Waals surface area contributed by atoms with Crippen LogP contribution in [0.25, 0.3) is 0 Å². The molecular formula is C11H14F2N2O. The van der Waals surface area contributed by atoms with Crippen LogP contribution in [-0.2, 0) is 4.84 Å². The normalized spacial score (nSPS) is 17.4. The first-order valence-corrected chi connectivity index (χ1v) is 5.33. The molecule has 0 spiro atoms. The molecule has 2 rings (SSSR count). The molecule has 0 aromatic heterocycles. The lowest BCUT2D eigenvalue weighted by Gasteiger charge is -2.22. The van der Waals surface area contributed by atoms with E-state index in [9.17, 15) is 8.78 Å². The summed E-state index contributed by atoms with van der Waals surface area (Å²) in [6.07, 6.45) is 1.95. The largest absolute Gasteiger partial charge is 0.317 e. The molecule has 1 aliphatic heterocycles. The zero-order chi connectivity index (χ0) is 11.4. The summed E-state index contributed by atoms with van der Waals surface area (Å²) in [5.41, 5.74) is 3.08. The van der Waals surface area contributed by atoms with Gasteiger partial charge < -0.3 is 5.32 Å². The van der Waals surface area contributed by atoms with Gasteiger partial charge >= 0.3 is 0 Å². The van der Waals surface area contributed by atoms with Gasteiger partial charge in [-0.15, -0.1) is 0 Å². The molecule has 0 bridgehead atoms. The predicted molar refractivity (Wildman–Crippen MR) is 57.0 cm³/mol. The minimum Gasteiger partial charge on any atom is -0.317 e. The summed E-state index contributed by atoms with van der Waals surface area (Å²) in [5.74, 6) is -1.73. The van der Waals surface area contributed by atoms with Gasteiger partial charge in [-0.25, -0.2) is 8.78 Å². The molecule has 0 saturated carbocycles.